The van der Waals surface area contributed by atoms with Crippen LogP contribution in [0.2, 0.25) is 0 Å². The quantitative estimate of drug-likeness (QED) is 0.833. The first-order valence-corrected chi connectivity index (χ1v) is 8.79. The highest BCUT2D eigenvalue weighted by Gasteiger charge is 2.28. The zero-order chi connectivity index (χ0) is 17.8. The fourth-order valence-electron chi connectivity index (χ4n) is 3.44. The number of rotatable bonds is 5. The Kier molecular flexibility index (Phi) is 5.26. The molecule has 1 amide bonds. The number of hydrogen-bond acceptors (Lipinski definition) is 4. The second kappa shape index (κ2) is 7.59. The topological polar surface area (TPSA) is 68.1 Å². The highest BCUT2D eigenvalue weighted by Crippen LogP contribution is 2.22. The number of likely N-dealkylation sites (tertiary alicyclic amines) is 1. The molecule has 1 saturated heterocycles. The molecule has 0 bridgehead atoms. The van der Waals surface area contributed by atoms with Crippen molar-refractivity contribution in [3.8, 4) is 0 Å². The van der Waals surface area contributed by atoms with Gasteiger partial charge in [-0.1, -0.05) is 0 Å². The van der Waals surface area contributed by atoms with Crippen molar-refractivity contribution in [2.75, 3.05) is 6.54 Å². The number of carbonyl (C=O) groups is 1. The van der Waals surface area contributed by atoms with E-state index in [4.69, 9.17) is 0 Å². The lowest BCUT2D eigenvalue weighted by Crippen LogP contribution is -2.40. The van der Waals surface area contributed by atoms with Gasteiger partial charge in [0, 0.05) is 30.5 Å². The molecule has 1 aliphatic heterocycles. The molecule has 6 heteroatoms. The highest BCUT2D eigenvalue weighted by molar-refractivity contribution is 5.76. The van der Waals surface area contributed by atoms with Crippen LogP contribution in [-0.2, 0) is 17.8 Å². The number of aromatic nitrogens is 3. The third kappa shape index (κ3) is 4.32. The summed E-state index contributed by atoms with van der Waals surface area (Å²) in [6.45, 7) is 4.59. The Morgan fingerprint density at radius 1 is 1.24 bits per heavy atom. The van der Waals surface area contributed by atoms with Crippen molar-refractivity contribution in [3.05, 3.63) is 57.8 Å². The number of carbonyl (C=O) groups excluding carboxylic acids is 1. The minimum atomic E-state index is -0.234. The fraction of sp³-hybridized carbons (Fsp3) is 0.474. The van der Waals surface area contributed by atoms with Crippen LogP contribution in [0.3, 0.4) is 0 Å². The first-order chi connectivity index (χ1) is 12.0. The van der Waals surface area contributed by atoms with Gasteiger partial charge in [0.15, 0.2) is 0 Å². The molecule has 0 saturated carbocycles. The fourth-order valence-corrected chi connectivity index (χ4v) is 3.44. The predicted octanol–water partition coefficient (Wildman–Crippen LogP) is 1.88. The molecule has 1 fully saturated rings. The van der Waals surface area contributed by atoms with E-state index in [0.29, 0.717) is 0 Å². The number of amides is 1. The molecule has 2 aromatic heterocycles. The molecule has 0 aliphatic carbocycles. The van der Waals surface area contributed by atoms with Gasteiger partial charge in [-0.05, 0) is 63.3 Å². The Balaban J connectivity index is 1.63. The van der Waals surface area contributed by atoms with Crippen LogP contribution in [0.1, 0.15) is 36.2 Å². The summed E-state index contributed by atoms with van der Waals surface area (Å²) in [7, 11) is 0. The average molecular weight is 340 g/mol. The summed E-state index contributed by atoms with van der Waals surface area (Å²) < 4.78 is 1.26. The molecule has 1 unspecified atom stereocenters. The van der Waals surface area contributed by atoms with E-state index in [0.717, 1.165) is 43.6 Å². The molecular weight excluding hydrogens is 316 g/mol. The van der Waals surface area contributed by atoms with E-state index < -0.39 is 0 Å². The molecule has 6 nitrogen and oxygen atoms in total. The van der Waals surface area contributed by atoms with Gasteiger partial charge in [0.05, 0.1) is 5.69 Å². The standard InChI is InChI=1S/C19H24N4O2/c1-14-5-8-18(24)23(21-14)13-19(25)22-11-3-4-17(22)7-6-16-9-10-20-15(2)12-16/h5,8-10,12,17H,3-4,6-7,11,13H2,1-2H3. The summed E-state index contributed by atoms with van der Waals surface area (Å²) in [4.78, 5) is 30.7. The van der Waals surface area contributed by atoms with Crippen molar-refractivity contribution in [1.82, 2.24) is 19.7 Å². The van der Waals surface area contributed by atoms with Crippen molar-refractivity contribution >= 4 is 5.91 Å². The lowest BCUT2D eigenvalue weighted by Gasteiger charge is -2.25. The van der Waals surface area contributed by atoms with Crippen LogP contribution in [0, 0.1) is 13.8 Å². The number of aryl methyl sites for hydroxylation is 3. The van der Waals surface area contributed by atoms with Crippen molar-refractivity contribution in [1.29, 1.82) is 0 Å². The van der Waals surface area contributed by atoms with Crippen molar-refractivity contribution in [3.63, 3.8) is 0 Å². The first-order valence-electron chi connectivity index (χ1n) is 8.79. The monoisotopic (exact) mass is 340 g/mol. The molecule has 0 N–H and O–H groups in total. The highest BCUT2D eigenvalue weighted by atomic mass is 16.2. The number of pyridine rings is 1. The lowest BCUT2D eigenvalue weighted by atomic mass is 10.0. The smallest absolute Gasteiger partial charge is 0.267 e. The van der Waals surface area contributed by atoms with Gasteiger partial charge in [0.1, 0.15) is 6.54 Å². The lowest BCUT2D eigenvalue weighted by molar-refractivity contribution is -0.133. The van der Waals surface area contributed by atoms with Crippen LogP contribution >= 0.6 is 0 Å². The van der Waals surface area contributed by atoms with Crippen LogP contribution in [0.4, 0.5) is 0 Å². The van der Waals surface area contributed by atoms with Crippen LogP contribution in [0.15, 0.2) is 35.3 Å². The van der Waals surface area contributed by atoms with Gasteiger partial charge >= 0.3 is 0 Å². The van der Waals surface area contributed by atoms with Crippen molar-refractivity contribution < 1.29 is 4.79 Å². The molecule has 3 rings (SSSR count). The molecular formula is C19H24N4O2. The number of hydrogen-bond donors (Lipinski definition) is 0. The maximum absolute atomic E-state index is 12.7. The van der Waals surface area contributed by atoms with Crippen LogP contribution in [-0.4, -0.2) is 38.2 Å². The van der Waals surface area contributed by atoms with Crippen molar-refractivity contribution in [2.24, 2.45) is 0 Å². The maximum atomic E-state index is 12.7. The molecule has 2 aromatic rings. The molecule has 1 aliphatic rings. The Morgan fingerprint density at radius 3 is 2.88 bits per heavy atom. The Labute approximate surface area is 147 Å². The van der Waals surface area contributed by atoms with E-state index >= 15 is 0 Å². The maximum Gasteiger partial charge on any atom is 0.267 e. The molecule has 0 aromatic carbocycles. The summed E-state index contributed by atoms with van der Waals surface area (Å²) in [5.74, 6) is -0.0198. The predicted molar refractivity (Wildman–Crippen MR) is 95.3 cm³/mol. The molecule has 0 radical (unpaired) electrons. The second-order valence-corrected chi connectivity index (χ2v) is 6.70. The molecule has 25 heavy (non-hydrogen) atoms. The summed E-state index contributed by atoms with van der Waals surface area (Å²) >= 11 is 0. The number of nitrogens with zero attached hydrogens (tertiary/aromatic N) is 4. The van der Waals surface area contributed by atoms with Gasteiger partial charge in [-0.3, -0.25) is 14.6 Å². The summed E-state index contributed by atoms with van der Waals surface area (Å²) in [6.07, 6.45) is 5.73. The van der Waals surface area contributed by atoms with Crippen LogP contribution in [0.5, 0.6) is 0 Å². The van der Waals surface area contributed by atoms with E-state index in [1.165, 1.54) is 16.3 Å². The largest absolute Gasteiger partial charge is 0.338 e. The van der Waals surface area contributed by atoms with E-state index in [1.54, 1.807) is 6.07 Å². The molecule has 3 heterocycles. The van der Waals surface area contributed by atoms with Gasteiger partial charge < -0.3 is 4.90 Å². The van der Waals surface area contributed by atoms with Gasteiger partial charge in [0.25, 0.3) is 5.56 Å². The van der Waals surface area contributed by atoms with Gasteiger partial charge in [-0.2, -0.15) is 5.10 Å². The van der Waals surface area contributed by atoms with Crippen LogP contribution in [0.25, 0.3) is 0 Å². The van der Waals surface area contributed by atoms with Gasteiger partial charge in [0.2, 0.25) is 5.91 Å². The summed E-state index contributed by atoms with van der Waals surface area (Å²) in [5.41, 5.74) is 2.77. The van der Waals surface area contributed by atoms with Gasteiger partial charge in [-0.25, -0.2) is 4.68 Å². The first kappa shape index (κ1) is 17.3. The van der Waals surface area contributed by atoms with E-state index in [1.807, 2.05) is 31.0 Å². The van der Waals surface area contributed by atoms with E-state index in [9.17, 15) is 9.59 Å². The minimum absolute atomic E-state index is 0.0192. The SMILES string of the molecule is Cc1cc(CCC2CCCN2C(=O)Cn2nc(C)ccc2=O)ccn1. The summed E-state index contributed by atoms with van der Waals surface area (Å²) in [6, 6.07) is 7.49. The average Bonchev–Trinajstić information content (AvgIpc) is 3.05. The third-order valence-corrected chi connectivity index (χ3v) is 4.71. The second-order valence-electron chi connectivity index (χ2n) is 6.70. The normalized spacial score (nSPS) is 17.0. The zero-order valence-corrected chi connectivity index (χ0v) is 14.8. The Hall–Kier alpha value is -2.50. The molecule has 0 spiro atoms. The molecule has 1 atom stereocenters. The van der Waals surface area contributed by atoms with E-state index in [2.05, 4.69) is 16.1 Å². The Bertz CT molecular complexity index is 815. The van der Waals surface area contributed by atoms with E-state index in [-0.39, 0.29) is 24.1 Å². The Morgan fingerprint density at radius 2 is 2.08 bits per heavy atom. The van der Waals surface area contributed by atoms with Crippen molar-refractivity contribution in [2.45, 2.75) is 52.1 Å². The minimum Gasteiger partial charge on any atom is -0.338 e. The summed E-state index contributed by atoms with van der Waals surface area (Å²) in [5, 5.41) is 4.16. The third-order valence-electron chi connectivity index (χ3n) is 4.71. The molecule has 132 valence electrons. The zero-order valence-electron chi connectivity index (χ0n) is 14.8. The van der Waals surface area contributed by atoms with Crippen LogP contribution < -0.4 is 5.56 Å². The van der Waals surface area contributed by atoms with Gasteiger partial charge in [-0.15, -0.1) is 0 Å².